The number of hydrogen-bond acceptors (Lipinski definition) is 4. The van der Waals surface area contributed by atoms with E-state index in [-0.39, 0.29) is 5.82 Å². The van der Waals surface area contributed by atoms with E-state index in [9.17, 15) is 4.39 Å². The second-order valence-electron chi connectivity index (χ2n) is 4.66. The number of anilines is 2. The minimum absolute atomic E-state index is 0.205. The molecule has 0 amide bonds. The second kappa shape index (κ2) is 5.63. The van der Waals surface area contributed by atoms with Crippen LogP contribution in [-0.2, 0) is 0 Å². The normalized spacial score (nSPS) is 15.5. The number of piperazine rings is 1. The molecule has 104 valence electrons. The lowest BCUT2D eigenvalue weighted by atomic mass is 10.2. The van der Waals surface area contributed by atoms with Gasteiger partial charge in [-0.3, -0.25) is 0 Å². The number of benzene rings is 1. The summed E-state index contributed by atoms with van der Waals surface area (Å²) in [6, 6.07) is 10.2. The van der Waals surface area contributed by atoms with Crippen LogP contribution in [-0.4, -0.2) is 36.4 Å². The summed E-state index contributed by atoms with van der Waals surface area (Å²) < 4.78 is 12.9. The Bertz CT molecular complexity index is 511. The van der Waals surface area contributed by atoms with Crippen LogP contribution in [0.3, 0.4) is 0 Å². The van der Waals surface area contributed by atoms with E-state index in [0.717, 1.165) is 37.7 Å². The lowest BCUT2D eigenvalue weighted by Gasteiger charge is -2.36. The van der Waals surface area contributed by atoms with Crippen molar-refractivity contribution >= 4 is 23.1 Å². The molecule has 0 radical (unpaired) electrons. The van der Waals surface area contributed by atoms with Gasteiger partial charge in [0, 0.05) is 31.9 Å². The predicted molar refractivity (Wildman–Crippen MR) is 77.9 cm³/mol. The Morgan fingerprint density at radius 3 is 2.10 bits per heavy atom. The van der Waals surface area contributed by atoms with Crippen LogP contribution < -0.4 is 9.80 Å². The van der Waals surface area contributed by atoms with Gasteiger partial charge >= 0.3 is 0 Å². The molecule has 1 saturated heterocycles. The number of rotatable bonds is 2. The molecule has 3 rings (SSSR count). The highest BCUT2D eigenvalue weighted by atomic mass is 35.5. The summed E-state index contributed by atoms with van der Waals surface area (Å²) in [6.07, 6.45) is 0. The van der Waals surface area contributed by atoms with E-state index < -0.39 is 0 Å². The minimum atomic E-state index is -0.205. The monoisotopic (exact) mass is 292 g/mol. The smallest absolute Gasteiger partial charge is 0.151 e. The Morgan fingerprint density at radius 2 is 1.50 bits per heavy atom. The van der Waals surface area contributed by atoms with Crippen molar-refractivity contribution in [1.29, 1.82) is 0 Å². The number of aromatic nitrogens is 2. The largest absolute Gasteiger partial charge is 0.368 e. The van der Waals surface area contributed by atoms with Gasteiger partial charge in [0.25, 0.3) is 0 Å². The zero-order chi connectivity index (χ0) is 13.9. The molecule has 1 aromatic heterocycles. The first kappa shape index (κ1) is 13.1. The van der Waals surface area contributed by atoms with Crippen molar-refractivity contribution in [2.45, 2.75) is 0 Å². The molecule has 2 heterocycles. The van der Waals surface area contributed by atoms with Gasteiger partial charge in [-0.1, -0.05) is 11.6 Å². The maximum absolute atomic E-state index is 12.9. The van der Waals surface area contributed by atoms with Crippen molar-refractivity contribution in [3.63, 3.8) is 0 Å². The Morgan fingerprint density at radius 1 is 0.850 bits per heavy atom. The second-order valence-corrected chi connectivity index (χ2v) is 5.05. The zero-order valence-corrected chi connectivity index (χ0v) is 11.6. The third-order valence-corrected chi connectivity index (χ3v) is 3.61. The summed E-state index contributed by atoms with van der Waals surface area (Å²) in [4.78, 5) is 4.41. The molecule has 0 atom stereocenters. The van der Waals surface area contributed by atoms with E-state index in [2.05, 4.69) is 20.0 Å². The maximum atomic E-state index is 12.9. The molecule has 1 fully saturated rings. The molecule has 0 N–H and O–H groups in total. The lowest BCUT2D eigenvalue weighted by molar-refractivity contribution is 0.623. The van der Waals surface area contributed by atoms with Gasteiger partial charge in [-0.15, -0.1) is 10.2 Å². The van der Waals surface area contributed by atoms with E-state index >= 15 is 0 Å². The molecule has 0 saturated carbocycles. The van der Waals surface area contributed by atoms with Gasteiger partial charge in [0.2, 0.25) is 0 Å². The standard InChI is InChI=1S/C14H14ClFN4/c15-13-5-6-14(18-17-13)20-9-7-19(8-10-20)12-3-1-11(16)2-4-12/h1-6H,7-10H2. The van der Waals surface area contributed by atoms with Crippen molar-refractivity contribution in [3.05, 3.63) is 47.4 Å². The summed E-state index contributed by atoms with van der Waals surface area (Å²) in [5, 5.41) is 8.35. The topological polar surface area (TPSA) is 32.3 Å². The molecule has 1 aromatic carbocycles. The zero-order valence-electron chi connectivity index (χ0n) is 10.8. The van der Waals surface area contributed by atoms with Crippen LogP contribution in [0.15, 0.2) is 36.4 Å². The minimum Gasteiger partial charge on any atom is -0.368 e. The highest BCUT2D eigenvalue weighted by molar-refractivity contribution is 6.29. The number of nitrogens with zero attached hydrogens (tertiary/aromatic N) is 4. The van der Waals surface area contributed by atoms with Crippen LogP contribution in [0.25, 0.3) is 0 Å². The number of hydrogen-bond donors (Lipinski definition) is 0. The van der Waals surface area contributed by atoms with E-state index in [1.807, 2.05) is 18.2 Å². The summed E-state index contributed by atoms with van der Waals surface area (Å²) in [6.45, 7) is 3.45. The first-order valence-corrected chi connectivity index (χ1v) is 6.85. The predicted octanol–water partition coefficient (Wildman–Crippen LogP) is 2.60. The highest BCUT2D eigenvalue weighted by Crippen LogP contribution is 2.19. The van der Waals surface area contributed by atoms with E-state index in [1.54, 1.807) is 6.07 Å². The van der Waals surface area contributed by atoms with Crippen LogP contribution in [0, 0.1) is 5.82 Å². The highest BCUT2D eigenvalue weighted by Gasteiger charge is 2.18. The van der Waals surface area contributed by atoms with Crippen molar-refractivity contribution in [2.75, 3.05) is 36.0 Å². The van der Waals surface area contributed by atoms with Crippen LogP contribution in [0.1, 0.15) is 0 Å². The quantitative estimate of drug-likeness (QED) is 0.852. The summed E-state index contributed by atoms with van der Waals surface area (Å²) >= 11 is 5.74. The van der Waals surface area contributed by atoms with Gasteiger partial charge in [0.1, 0.15) is 5.82 Å². The molecule has 4 nitrogen and oxygen atoms in total. The van der Waals surface area contributed by atoms with E-state index in [4.69, 9.17) is 11.6 Å². The molecular formula is C14H14ClFN4. The molecule has 1 aliphatic heterocycles. The molecule has 20 heavy (non-hydrogen) atoms. The summed E-state index contributed by atoms with van der Waals surface area (Å²) in [7, 11) is 0. The Labute approximate surface area is 121 Å². The van der Waals surface area contributed by atoms with Gasteiger partial charge in [-0.25, -0.2) is 4.39 Å². The third kappa shape index (κ3) is 2.82. The Hall–Kier alpha value is -1.88. The van der Waals surface area contributed by atoms with Crippen LogP contribution in [0.5, 0.6) is 0 Å². The van der Waals surface area contributed by atoms with E-state index in [1.165, 1.54) is 12.1 Å². The average molecular weight is 293 g/mol. The van der Waals surface area contributed by atoms with Gasteiger partial charge in [-0.05, 0) is 36.4 Å². The first-order valence-electron chi connectivity index (χ1n) is 6.47. The fourth-order valence-electron chi connectivity index (χ4n) is 2.32. The molecule has 0 bridgehead atoms. The SMILES string of the molecule is Fc1ccc(N2CCN(c3ccc(Cl)nn3)CC2)cc1. The fourth-order valence-corrected chi connectivity index (χ4v) is 2.42. The molecule has 6 heteroatoms. The van der Waals surface area contributed by atoms with Crippen LogP contribution in [0.4, 0.5) is 15.9 Å². The van der Waals surface area contributed by atoms with Gasteiger partial charge in [-0.2, -0.15) is 0 Å². The third-order valence-electron chi connectivity index (χ3n) is 3.41. The van der Waals surface area contributed by atoms with Gasteiger partial charge in [0.05, 0.1) is 0 Å². The van der Waals surface area contributed by atoms with Crippen molar-refractivity contribution in [1.82, 2.24) is 10.2 Å². The van der Waals surface area contributed by atoms with Crippen molar-refractivity contribution in [2.24, 2.45) is 0 Å². The Kier molecular flexibility index (Phi) is 3.69. The number of halogens is 2. The molecule has 2 aromatic rings. The molecule has 0 aliphatic carbocycles. The first-order chi connectivity index (χ1) is 9.72. The maximum Gasteiger partial charge on any atom is 0.151 e. The van der Waals surface area contributed by atoms with Crippen LogP contribution in [0.2, 0.25) is 5.15 Å². The molecule has 0 unspecified atom stereocenters. The Balaban J connectivity index is 1.64. The average Bonchev–Trinajstić information content (AvgIpc) is 2.49. The van der Waals surface area contributed by atoms with Crippen molar-refractivity contribution in [3.8, 4) is 0 Å². The van der Waals surface area contributed by atoms with Crippen molar-refractivity contribution < 1.29 is 4.39 Å². The van der Waals surface area contributed by atoms with Gasteiger partial charge < -0.3 is 9.80 Å². The summed E-state index contributed by atoms with van der Waals surface area (Å²) in [5.74, 6) is 0.636. The lowest BCUT2D eigenvalue weighted by Crippen LogP contribution is -2.46. The summed E-state index contributed by atoms with van der Waals surface area (Å²) in [5.41, 5.74) is 1.05. The molecule has 1 aliphatic rings. The fraction of sp³-hybridized carbons (Fsp3) is 0.286. The molecular weight excluding hydrogens is 279 g/mol. The van der Waals surface area contributed by atoms with Gasteiger partial charge in [0.15, 0.2) is 11.0 Å². The van der Waals surface area contributed by atoms with Crippen LogP contribution >= 0.6 is 11.6 Å². The molecule has 0 spiro atoms. The van der Waals surface area contributed by atoms with E-state index in [0.29, 0.717) is 5.15 Å².